The summed E-state index contributed by atoms with van der Waals surface area (Å²) < 4.78 is 0. The van der Waals surface area contributed by atoms with Crippen LogP contribution in [0.4, 0.5) is 0 Å². The number of amides is 1. The molecule has 0 aromatic rings. The molecule has 1 atom stereocenters. The van der Waals surface area contributed by atoms with Crippen molar-refractivity contribution in [3.8, 4) is 0 Å². The van der Waals surface area contributed by atoms with Crippen LogP contribution in [0, 0.1) is 5.92 Å². The third-order valence-electron chi connectivity index (χ3n) is 2.98. The SMILES string of the molecule is CN(C(=O)[C@H]1CCCNC1)C(C)(C)C. The lowest BCUT2D eigenvalue weighted by Crippen LogP contribution is -2.48. The molecule has 82 valence electrons. The minimum Gasteiger partial charge on any atom is -0.341 e. The Balaban J connectivity index is 2.55. The molecule has 0 bridgehead atoms. The van der Waals surface area contributed by atoms with Crippen LogP contribution < -0.4 is 5.32 Å². The van der Waals surface area contributed by atoms with Gasteiger partial charge in [-0.3, -0.25) is 4.79 Å². The summed E-state index contributed by atoms with van der Waals surface area (Å²) in [7, 11) is 1.90. The van der Waals surface area contributed by atoms with Gasteiger partial charge in [0.25, 0.3) is 0 Å². The fourth-order valence-corrected chi connectivity index (χ4v) is 1.67. The highest BCUT2D eigenvalue weighted by Crippen LogP contribution is 2.18. The van der Waals surface area contributed by atoms with E-state index < -0.39 is 0 Å². The summed E-state index contributed by atoms with van der Waals surface area (Å²) in [4.78, 5) is 13.9. The van der Waals surface area contributed by atoms with Crippen molar-refractivity contribution in [1.29, 1.82) is 0 Å². The maximum atomic E-state index is 12.0. The summed E-state index contributed by atoms with van der Waals surface area (Å²) in [6.45, 7) is 8.12. The number of piperidine rings is 1. The van der Waals surface area contributed by atoms with Crippen molar-refractivity contribution in [1.82, 2.24) is 10.2 Å². The van der Waals surface area contributed by atoms with Crippen LogP contribution in [0.3, 0.4) is 0 Å². The minimum atomic E-state index is -0.0610. The van der Waals surface area contributed by atoms with Gasteiger partial charge in [-0.15, -0.1) is 0 Å². The molecule has 0 radical (unpaired) electrons. The van der Waals surface area contributed by atoms with Crippen LogP contribution in [0.5, 0.6) is 0 Å². The van der Waals surface area contributed by atoms with Gasteiger partial charge < -0.3 is 10.2 Å². The van der Waals surface area contributed by atoms with Crippen molar-refractivity contribution in [2.45, 2.75) is 39.2 Å². The topological polar surface area (TPSA) is 32.3 Å². The first kappa shape index (κ1) is 11.5. The molecular formula is C11H22N2O. The van der Waals surface area contributed by atoms with E-state index in [0.717, 1.165) is 25.9 Å². The van der Waals surface area contributed by atoms with E-state index in [2.05, 4.69) is 26.1 Å². The molecule has 14 heavy (non-hydrogen) atoms. The van der Waals surface area contributed by atoms with Crippen LogP contribution in [-0.2, 0) is 4.79 Å². The van der Waals surface area contributed by atoms with Crippen LogP contribution in [0.2, 0.25) is 0 Å². The van der Waals surface area contributed by atoms with Gasteiger partial charge in [0.15, 0.2) is 0 Å². The fraction of sp³-hybridized carbons (Fsp3) is 0.909. The van der Waals surface area contributed by atoms with Gasteiger partial charge in [-0.1, -0.05) is 0 Å². The van der Waals surface area contributed by atoms with Gasteiger partial charge in [-0.05, 0) is 40.2 Å². The monoisotopic (exact) mass is 198 g/mol. The van der Waals surface area contributed by atoms with E-state index in [9.17, 15) is 4.79 Å². The summed E-state index contributed by atoms with van der Waals surface area (Å²) in [6, 6.07) is 0. The van der Waals surface area contributed by atoms with Gasteiger partial charge in [0, 0.05) is 19.1 Å². The smallest absolute Gasteiger partial charge is 0.227 e. The van der Waals surface area contributed by atoms with Crippen LogP contribution in [0.1, 0.15) is 33.6 Å². The van der Waals surface area contributed by atoms with Gasteiger partial charge in [0.1, 0.15) is 0 Å². The van der Waals surface area contributed by atoms with Crippen molar-refractivity contribution in [3.05, 3.63) is 0 Å². The lowest BCUT2D eigenvalue weighted by atomic mass is 9.96. The highest BCUT2D eigenvalue weighted by Gasteiger charge is 2.29. The maximum Gasteiger partial charge on any atom is 0.227 e. The van der Waals surface area contributed by atoms with Crippen LogP contribution in [-0.4, -0.2) is 36.5 Å². The molecule has 1 fully saturated rings. The van der Waals surface area contributed by atoms with Crippen LogP contribution in [0.25, 0.3) is 0 Å². The first-order chi connectivity index (χ1) is 6.43. The lowest BCUT2D eigenvalue weighted by Gasteiger charge is -2.36. The highest BCUT2D eigenvalue weighted by atomic mass is 16.2. The molecule has 3 heteroatoms. The largest absolute Gasteiger partial charge is 0.341 e. The first-order valence-electron chi connectivity index (χ1n) is 5.41. The Kier molecular flexibility index (Phi) is 3.53. The Morgan fingerprint density at radius 2 is 2.07 bits per heavy atom. The number of hydrogen-bond donors (Lipinski definition) is 1. The number of rotatable bonds is 1. The Hall–Kier alpha value is -0.570. The number of hydrogen-bond acceptors (Lipinski definition) is 2. The molecule has 0 unspecified atom stereocenters. The van der Waals surface area contributed by atoms with Gasteiger partial charge >= 0.3 is 0 Å². The molecule has 0 aliphatic carbocycles. The van der Waals surface area contributed by atoms with Crippen molar-refractivity contribution in [3.63, 3.8) is 0 Å². The van der Waals surface area contributed by atoms with Gasteiger partial charge in [0.05, 0.1) is 5.92 Å². The predicted octanol–water partition coefficient (Wildman–Crippen LogP) is 1.24. The molecule has 1 amide bonds. The van der Waals surface area contributed by atoms with E-state index in [-0.39, 0.29) is 17.4 Å². The molecule has 1 rings (SSSR count). The first-order valence-corrected chi connectivity index (χ1v) is 5.41. The molecule has 0 saturated carbocycles. The molecule has 1 heterocycles. The average Bonchev–Trinajstić information content (AvgIpc) is 2.15. The third kappa shape index (κ3) is 2.71. The number of carbonyl (C=O) groups is 1. The van der Waals surface area contributed by atoms with E-state index in [4.69, 9.17) is 0 Å². The molecule has 0 spiro atoms. The highest BCUT2D eigenvalue weighted by molar-refractivity contribution is 5.79. The average molecular weight is 198 g/mol. The zero-order chi connectivity index (χ0) is 10.8. The Morgan fingerprint density at radius 3 is 2.50 bits per heavy atom. The summed E-state index contributed by atoms with van der Waals surface area (Å²) in [5, 5.41) is 3.27. The minimum absolute atomic E-state index is 0.0610. The molecule has 1 saturated heterocycles. The van der Waals surface area contributed by atoms with E-state index in [1.54, 1.807) is 0 Å². The van der Waals surface area contributed by atoms with E-state index in [1.165, 1.54) is 0 Å². The summed E-state index contributed by atoms with van der Waals surface area (Å²) >= 11 is 0. The fourth-order valence-electron chi connectivity index (χ4n) is 1.67. The zero-order valence-electron chi connectivity index (χ0n) is 9.76. The van der Waals surface area contributed by atoms with Crippen molar-refractivity contribution >= 4 is 5.91 Å². The maximum absolute atomic E-state index is 12.0. The molecule has 0 aromatic heterocycles. The summed E-state index contributed by atoms with van der Waals surface area (Å²) in [6.07, 6.45) is 2.15. The van der Waals surface area contributed by atoms with Gasteiger partial charge in [0.2, 0.25) is 5.91 Å². The van der Waals surface area contributed by atoms with E-state index in [1.807, 2.05) is 11.9 Å². The Labute approximate surface area is 86.9 Å². The standard InChI is InChI=1S/C11H22N2O/c1-11(2,3)13(4)10(14)9-6-5-7-12-8-9/h9,12H,5-8H2,1-4H3/t9-/m0/s1. The number of nitrogens with one attached hydrogen (secondary N) is 1. The molecule has 1 aliphatic rings. The van der Waals surface area contributed by atoms with E-state index >= 15 is 0 Å². The second-order valence-corrected chi connectivity index (χ2v) is 5.11. The van der Waals surface area contributed by atoms with Gasteiger partial charge in [-0.2, -0.15) is 0 Å². The number of nitrogens with zero attached hydrogens (tertiary/aromatic N) is 1. The van der Waals surface area contributed by atoms with Crippen molar-refractivity contribution in [2.24, 2.45) is 5.92 Å². The van der Waals surface area contributed by atoms with Crippen LogP contribution in [0.15, 0.2) is 0 Å². The normalized spacial score (nSPS) is 23.3. The van der Waals surface area contributed by atoms with Gasteiger partial charge in [-0.25, -0.2) is 0 Å². The van der Waals surface area contributed by atoms with Crippen molar-refractivity contribution in [2.75, 3.05) is 20.1 Å². The van der Waals surface area contributed by atoms with Crippen molar-refractivity contribution < 1.29 is 4.79 Å². The Morgan fingerprint density at radius 1 is 1.43 bits per heavy atom. The second kappa shape index (κ2) is 4.30. The molecular weight excluding hydrogens is 176 g/mol. The predicted molar refractivity (Wildman–Crippen MR) is 58.1 cm³/mol. The summed E-state index contributed by atoms with van der Waals surface area (Å²) in [5.41, 5.74) is -0.0610. The summed E-state index contributed by atoms with van der Waals surface area (Å²) in [5.74, 6) is 0.470. The molecule has 3 nitrogen and oxygen atoms in total. The molecule has 1 N–H and O–H groups in total. The zero-order valence-corrected chi connectivity index (χ0v) is 9.76. The second-order valence-electron chi connectivity index (χ2n) is 5.11. The van der Waals surface area contributed by atoms with E-state index in [0.29, 0.717) is 0 Å². The van der Waals surface area contributed by atoms with Crippen LogP contribution >= 0.6 is 0 Å². The number of carbonyl (C=O) groups excluding carboxylic acids is 1. The lowest BCUT2D eigenvalue weighted by molar-refractivity contribution is -0.139. The molecule has 0 aromatic carbocycles. The quantitative estimate of drug-likeness (QED) is 0.687. The Bertz CT molecular complexity index is 202. The third-order valence-corrected chi connectivity index (χ3v) is 2.98. The molecule has 1 aliphatic heterocycles.